The predicted octanol–water partition coefficient (Wildman–Crippen LogP) is 6.16. The molecule has 1 fully saturated rings. The van der Waals surface area contributed by atoms with Gasteiger partial charge in [-0.3, -0.25) is 9.59 Å². The first-order valence-corrected chi connectivity index (χ1v) is 13.1. The summed E-state index contributed by atoms with van der Waals surface area (Å²) in [6.45, 7) is 7.85. The Hall–Kier alpha value is -2.44. The van der Waals surface area contributed by atoms with E-state index >= 15 is 0 Å². The van der Waals surface area contributed by atoms with Crippen molar-refractivity contribution in [3.63, 3.8) is 0 Å². The van der Waals surface area contributed by atoms with Crippen molar-refractivity contribution in [2.24, 2.45) is 0 Å². The Morgan fingerprint density at radius 1 is 0.912 bits per heavy atom. The summed E-state index contributed by atoms with van der Waals surface area (Å²) in [5.74, 6) is -1.29. The van der Waals surface area contributed by atoms with Crippen molar-refractivity contribution in [1.29, 1.82) is 0 Å². The lowest BCUT2D eigenvalue weighted by Gasteiger charge is -2.27. The summed E-state index contributed by atoms with van der Waals surface area (Å²) in [6, 6.07) is 16.0. The largest absolute Gasteiger partial charge is 0.507 e. The minimum absolute atomic E-state index is 0.123. The van der Waals surface area contributed by atoms with Gasteiger partial charge >= 0.3 is 0 Å². The predicted molar refractivity (Wildman–Crippen MR) is 140 cm³/mol. The van der Waals surface area contributed by atoms with E-state index in [1.807, 2.05) is 30.3 Å². The molecule has 3 rings (SSSR count). The van der Waals surface area contributed by atoms with Crippen LogP contribution >= 0.6 is 15.9 Å². The number of likely N-dealkylation sites (tertiary alicyclic amines) is 1. The minimum Gasteiger partial charge on any atom is -0.507 e. The van der Waals surface area contributed by atoms with Crippen molar-refractivity contribution in [3.05, 3.63) is 75.8 Å². The van der Waals surface area contributed by atoms with E-state index in [2.05, 4.69) is 34.7 Å². The highest BCUT2D eigenvalue weighted by atomic mass is 79.9. The van der Waals surface area contributed by atoms with Crippen molar-refractivity contribution in [2.45, 2.75) is 52.0 Å². The van der Waals surface area contributed by atoms with Gasteiger partial charge in [-0.1, -0.05) is 85.1 Å². The van der Waals surface area contributed by atoms with E-state index < -0.39 is 17.7 Å². The number of aliphatic hydroxyl groups is 1. The Morgan fingerprint density at radius 3 is 2.09 bits per heavy atom. The number of benzene rings is 2. The summed E-state index contributed by atoms with van der Waals surface area (Å²) in [7, 11) is 0. The summed E-state index contributed by atoms with van der Waals surface area (Å²) >= 11 is 3.46. The molecule has 0 radical (unpaired) electrons. The topological polar surface area (TPSA) is 60.9 Å². The molecule has 1 atom stereocenters. The zero-order valence-electron chi connectivity index (χ0n) is 20.2. The Kier molecular flexibility index (Phi) is 9.90. The van der Waals surface area contributed by atoms with E-state index in [1.54, 1.807) is 29.2 Å². The molecule has 0 spiro atoms. The van der Waals surface area contributed by atoms with Gasteiger partial charge in [-0.2, -0.15) is 0 Å². The number of nitrogens with zero attached hydrogens (tertiary/aromatic N) is 2. The molecule has 5 nitrogen and oxygen atoms in total. The van der Waals surface area contributed by atoms with Crippen LogP contribution < -0.4 is 0 Å². The van der Waals surface area contributed by atoms with Crippen molar-refractivity contribution in [2.75, 3.05) is 26.2 Å². The molecule has 0 aromatic heterocycles. The van der Waals surface area contributed by atoms with Crippen LogP contribution in [0.25, 0.3) is 5.76 Å². The van der Waals surface area contributed by atoms with E-state index in [-0.39, 0.29) is 11.3 Å². The van der Waals surface area contributed by atoms with Crippen LogP contribution in [-0.4, -0.2) is 52.8 Å². The molecule has 1 saturated heterocycles. The van der Waals surface area contributed by atoms with Gasteiger partial charge in [-0.05, 0) is 56.6 Å². The number of carbonyl (C=O) groups is 2. The molecule has 1 heterocycles. The molecule has 2 aromatic rings. The van der Waals surface area contributed by atoms with Gasteiger partial charge in [0.2, 0.25) is 0 Å². The summed E-state index contributed by atoms with van der Waals surface area (Å²) in [5.41, 5.74) is 1.51. The van der Waals surface area contributed by atoms with E-state index in [9.17, 15) is 14.7 Å². The third kappa shape index (κ3) is 6.36. The molecule has 6 heteroatoms. The first-order chi connectivity index (χ1) is 16.5. The van der Waals surface area contributed by atoms with Gasteiger partial charge in [0.1, 0.15) is 5.76 Å². The van der Waals surface area contributed by atoms with E-state index in [0.717, 1.165) is 61.8 Å². The number of aliphatic hydroxyl groups excluding tert-OH is 1. The second kappa shape index (κ2) is 12.9. The molecular formula is C28H35BrN2O3. The molecule has 34 heavy (non-hydrogen) atoms. The number of halogens is 1. The highest BCUT2D eigenvalue weighted by molar-refractivity contribution is 9.10. The number of hydrogen-bond donors (Lipinski definition) is 1. The molecular weight excluding hydrogens is 492 g/mol. The highest BCUT2D eigenvalue weighted by Crippen LogP contribution is 2.39. The Morgan fingerprint density at radius 2 is 1.50 bits per heavy atom. The molecule has 1 aliphatic heterocycles. The fourth-order valence-corrected chi connectivity index (χ4v) is 4.68. The maximum atomic E-state index is 13.1. The van der Waals surface area contributed by atoms with Gasteiger partial charge in [-0.15, -0.1) is 0 Å². The van der Waals surface area contributed by atoms with Crippen LogP contribution in [-0.2, 0) is 9.59 Å². The summed E-state index contributed by atoms with van der Waals surface area (Å²) in [6.07, 6.45) is 5.40. The molecule has 1 N–H and O–H groups in total. The fraction of sp³-hybridized carbons (Fsp3) is 0.429. The number of Topliss-reactive ketones (excluding diaryl/α,β-unsaturated/α-hetero) is 1. The third-order valence-electron chi connectivity index (χ3n) is 6.30. The number of amides is 1. The van der Waals surface area contributed by atoms with Crippen molar-refractivity contribution < 1.29 is 14.7 Å². The quantitative estimate of drug-likeness (QED) is 0.204. The maximum absolute atomic E-state index is 13.1. The van der Waals surface area contributed by atoms with Crippen LogP contribution in [0.2, 0.25) is 0 Å². The van der Waals surface area contributed by atoms with E-state index in [4.69, 9.17) is 0 Å². The summed E-state index contributed by atoms with van der Waals surface area (Å²) in [5, 5.41) is 11.1. The normalized spacial score (nSPS) is 17.6. The molecule has 182 valence electrons. The van der Waals surface area contributed by atoms with Gasteiger partial charge < -0.3 is 14.9 Å². The highest BCUT2D eigenvalue weighted by Gasteiger charge is 2.45. The van der Waals surface area contributed by atoms with Crippen LogP contribution in [0.5, 0.6) is 0 Å². The van der Waals surface area contributed by atoms with Gasteiger partial charge in [0, 0.05) is 16.6 Å². The van der Waals surface area contributed by atoms with Gasteiger partial charge in [0.25, 0.3) is 11.7 Å². The van der Waals surface area contributed by atoms with Crippen LogP contribution in [0, 0.1) is 0 Å². The average Bonchev–Trinajstić information content (AvgIpc) is 3.11. The molecule has 0 bridgehead atoms. The summed E-state index contributed by atoms with van der Waals surface area (Å²) < 4.78 is 0.916. The average molecular weight is 528 g/mol. The monoisotopic (exact) mass is 526 g/mol. The van der Waals surface area contributed by atoms with Crippen LogP contribution in [0.4, 0.5) is 0 Å². The molecule has 1 amide bonds. The smallest absolute Gasteiger partial charge is 0.295 e. The molecule has 1 unspecified atom stereocenters. The van der Waals surface area contributed by atoms with Crippen molar-refractivity contribution >= 4 is 33.4 Å². The Balaban J connectivity index is 1.88. The van der Waals surface area contributed by atoms with Crippen molar-refractivity contribution in [1.82, 2.24) is 9.80 Å². The second-order valence-electron chi connectivity index (χ2n) is 8.81. The number of hydrogen-bond acceptors (Lipinski definition) is 4. The third-order valence-corrected chi connectivity index (χ3v) is 6.83. The number of rotatable bonds is 12. The minimum atomic E-state index is -0.622. The molecule has 0 aliphatic carbocycles. The van der Waals surface area contributed by atoms with Gasteiger partial charge in [-0.25, -0.2) is 0 Å². The standard InChI is InChI=1S/C28H35BrN2O3/c1-3-5-17-30(18-6-4-2)19-10-20-31-25(21-13-15-23(29)16-14-21)24(27(33)28(31)34)26(32)22-11-8-7-9-12-22/h7-9,11-16,25,32H,3-6,10,17-20H2,1-2H3. The fourth-order valence-electron chi connectivity index (χ4n) is 4.42. The SMILES string of the molecule is CCCCN(CCCC)CCCN1C(=O)C(=O)C(=C(O)c2ccccc2)C1c1ccc(Br)cc1. The first kappa shape index (κ1) is 26.2. The van der Waals surface area contributed by atoms with E-state index in [0.29, 0.717) is 12.1 Å². The zero-order valence-corrected chi connectivity index (χ0v) is 21.8. The molecule has 0 saturated carbocycles. The first-order valence-electron chi connectivity index (χ1n) is 12.3. The Labute approximate surface area is 211 Å². The lowest BCUT2D eigenvalue weighted by atomic mass is 9.95. The maximum Gasteiger partial charge on any atom is 0.295 e. The van der Waals surface area contributed by atoms with Crippen LogP contribution in [0.3, 0.4) is 0 Å². The molecule has 2 aromatic carbocycles. The number of unbranched alkanes of at least 4 members (excludes halogenated alkanes) is 2. The Bertz CT molecular complexity index is 980. The second-order valence-corrected chi connectivity index (χ2v) is 9.73. The lowest BCUT2D eigenvalue weighted by molar-refractivity contribution is -0.140. The molecule has 1 aliphatic rings. The number of carbonyl (C=O) groups excluding carboxylic acids is 2. The van der Waals surface area contributed by atoms with Gasteiger partial charge in [0.15, 0.2) is 0 Å². The van der Waals surface area contributed by atoms with Crippen LogP contribution in [0.15, 0.2) is 64.6 Å². The number of ketones is 1. The lowest BCUT2D eigenvalue weighted by Crippen LogP contribution is -2.34. The summed E-state index contributed by atoms with van der Waals surface area (Å²) in [4.78, 5) is 30.4. The van der Waals surface area contributed by atoms with E-state index in [1.165, 1.54) is 0 Å². The zero-order chi connectivity index (χ0) is 24.5. The van der Waals surface area contributed by atoms with Gasteiger partial charge in [0.05, 0.1) is 11.6 Å². The van der Waals surface area contributed by atoms with Crippen molar-refractivity contribution in [3.8, 4) is 0 Å². The van der Waals surface area contributed by atoms with Crippen LogP contribution in [0.1, 0.15) is 63.1 Å².